The molecule has 2 aromatic rings. The molecule has 1 aliphatic rings. The Morgan fingerprint density at radius 3 is 2.60 bits per heavy atom. The summed E-state index contributed by atoms with van der Waals surface area (Å²) in [5.41, 5.74) is 1.59. The third-order valence-corrected chi connectivity index (χ3v) is 5.24. The summed E-state index contributed by atoms with van der Waals surface area (Å²) in [7, 11) is 0. The van der Waals surface area contributed by atoms with E-state index in [-0.39, 0.29) is 17.6 Å². The zero-order valence-corrected chi connectivity index (χ0v) is 14.9. The van der Waals surface area contributed by atoms with Crippen molar-refractivity contribution in [2.24, 2.45) is 0 Å². The van der Waals surface area contributed by atoms with Crippen molar-refractivity contribution in [3.63, 3.8) is 0 Å². The molecule has 1 saturated heterocycles. The Bertz CT molecular complexity index is 715. The number of rotatable bonds is 5. The molecule has 2 heterocycles. The van der Waals surface area contributed by atoms with Crippen molar-refractivity contribution < 1.29 is 13.6 Å². The number of nitrogens with zero attached hydrogens (tertiary/aromatic N) is 2. The lowest BCUT2D eigenvalue weighted by atomic mass is 10.2. The number of anilines is 1. The van der Waals surface area contributed by atoms with E-state index < -0.39 is 11.6 Å². The van der Waals surface area contributed by atoms with E-state index in [1.54, 1.807) is 11.3 Å². The highest BCUT2D eigenvalue weighted by Crippen LogP contribution is 2.16. The van der Waals surface area contributed by atoms with E-state index in [0.717, 1.165) is 44.9 Å². The fourth-order valence-corrected chi connectivity index (χ4v) is 3.60. The number of carbonyl (C=O) groups excluding carboxylic acids is 1. The third kappa shape index (κ3) is 4.62. The smallest absolute Gasteiger partial charge is 0.241 e. The Balaban J connectivity index is 1.50. The summed E-state index contributed by atoms with van der Waals surface area (Å²) in [6.45, 7) is 6.18. The lowest BCUT2D eigenvalue weighted by molar-refractivity contribution is -0.121. The second-order valence-electron chi connectivity index (χ2n) is 6.24. The minimum Gasteiger partial charge on any atom is -0.325 e. The molecule has 1 amide bonds. The number of piperazine rings is 1. The lowest BCUT2D eigenvalue weighted by Crippen LogP contribution is -2.52. The van der Waals surface area contributed by atoms with Crippen molar-refractivity contribution in [2.45, 2.75) is 19.5 Å². The topological polar surface area (TPSA) is 35.6 Å². The van der Waals surface area contributed by atoms with Crippen LogP contribution in [0.5, 0.6) is 0 Å². The molecular formula is C18H21F2N3OS. The Hall–Kier alpha value is -1.83. The first-order valence-corrected chi connectivity index (χ1v) is 9.20. The van der Waals surface area contributed by atoms with Crippen LogP contribution in [0.1, 0.15) is 12.5 Å². The van der Waals surface area contributed by atoms with Gasteiger partial charge in [-0.25, -0.2) is 8.78 Å². The number of benzene rings is 1. The SMILES string of the molecule is C[C@H](C(=O)Nc1ccc(F)c(F)c1)N1CCN(Cc2ccsc2)CC1. The zero-order valence-electron chi connectivity index (χ0n) is 14.0. The third-order valence-electron chi connectivity index (χ3n) is 4.51. The molecule has 0 aliphatic carbocycles. The van der Waals surface area contributed by atoms with Gasteiger partial charge >= 0.3 is 0 Å². The summed E-state index contributed by atoms with van der Waals surface area (Å²) in [4.78, 5) is 16.8. The van der Waals surface area contributed by atoms with Crippen LogP contribution in [-0.4, -0.2) is 47.9 Å². The van der Waals surface area contributed by atoms with Gasteiger partial charge in [-0.2, -0.15) is 11.3 Å². The monoisotopic (exact) mass is 365 g/mol. The van der Waals surface area contributed by atoms with Crippen molar-refractivity contribution in [1.29, 1.82) is 0 Å². The molecule has 1 aliphatic heterocycles. The normalized spacial score (nSPS) is 17.4. The highest BCUT2D eigenvalue weighted by atomic mass is 32.1. The van der Waals surface area contributed by atoms with Crippen LogP contribution in [0.2, 0.25) is 0 Å². The summed E-state index contributed by atoms with van der Waals surface area (Å²) in [6.07, 6.45) is 0. The summed E-state index contributed by atoms with van der Waals surface area (Å²) < 4.78 is 26.2. The Labute approximate surface area is 150 Å². The average molecular weight is 365 g/mol. The Morgan fingerprint density at radius 1 is 1.20 bits per heavy atom. The molecule has 0 bridgehead atoms. The number of carbonyl (C=O) groups is 1. The summed E-state index contributed by atoms with van der Waals surface area (Å²) in [6, 6.07) is 5.19. The van der Waals surface area contributed by atoms with E-state index in [0.29, 0.717) is 0 Å². The quantitative estimate of drug-likeness (QED) is 0.884. The summed E-state index contributed by atoms with van der Waals surface area (Å²) in [5.74, 6) is -2.10. The molecule has 3 rings (SSSR count). The highest BCUT2D eigenvalue weighted by Gasteiger charge is 2.25. The van der Waals surface area contributed by atoms with Gasteiger partial charge in [-0.1, -0.05) is 0 Å². The van der Waals surface area contributed by atoms with Crippen LogP contribution in [0.25, 0.3) is 0 Å². The number of amides is 1. The molecule has 1 atom stereocenters. The van der Waals surface area contributed by atoms with Gasteiger partial charge in [0.15, 0.2) is 11.6 Å². The van der Waals surface area contributed by atoms with Crippen LogP contribution in [-0.2, 0) is 11.3 Å². The zero-order chi connectivity index (χ0) is 17.8. The van der Waals surface area contributed by atoms with Crippen LogP contribution in [0.4, 0.5) is 14.5 Å². The van der Waals surface area contributed by atoms with E-state index in [2.05, 4.69) is 31.9 Å². The molecule has 134 valence electrons. The predicted molar refractivity (Wildman–Crippen MR) is 95.6 cm³/mol. The van der Waals surface area contributed by atoms with E-state index in [9.17, 15) is 13.6 Å². The second-order valence-corrected chi connectivity index (χ2v) is 7.02. The molecule has 1 N–H and O–H groups in total. The van der Waals surface area contributed by atoms with Crippen LogP contribution in [0.3, 0.4) is 0 Å². The molecule has 1 fully saturated rings. The van der Waals surface area contributed by atoms with Gasteiger partial charge in [0.25, 0.3) is 0 Å². The van der Waals surface area contributed by atoms with Gasteiger partial charge in [0.2, 0.25) is 5.91 Å². The molecule has 1 aromatic heterocycles. The van der Waals surface area contributed by atoms with Crippen molar-refractivity contribution in [3.8, 4) is 0 Å². The molecule has 1 aromatic carbocycles. The molecule has 0 spiro atoms. The number of thiophene rings is 1. The maximum absolute atomic E-state index is 13.2. The predicted octanol–water partition coefficient (Wildman–Crippen LogP) is 3.17. The van der Waals surface area contributed by atoms with Crippen molar-refractivity contribution in [1.82, 2.24) is 9.80 Å². The Kier molecular flexibility index (Phi) is 5.78. The molecule has 25 heavy (non-hydrogen) atoms. The minimum atomic E-state index is -0.965. The van der Waals surface area contributed by atoms with E-state index >= 15 is 0 Å². The van der Waals surface area contributed by atoms with Crippen molar-refractivity contribution in [3.05, 3.63) is 52.2 Å². The van der Waals surface area contributed by atoms with Gasteiger partial charge < -0.3 is 5.32 Å². The number of hydrogen-bond acceptors (Lipinski definition) is 4. The molecule has 7 heteroatoms. The fraction of sp³-hybridized carbons (Fsp3) is 0.389. The average Bonchev–Trinajstić information content (AvgIpc) is 3.11. The maximum atomic E-state index is 13.2. The molecule has 0 unspecified atom stereocenters. The first-order valence-electron chi connectivity index (χ1n) is 8.26. The lowest BCUT2D eigenvalue weighted by Gasteiger charge is -2.37. The number of halogens is 2. The summed E-state index contributed by atoms with van der Waals surface area (Å²) >= 11 is 1.70. The van der Waals surface area contributed by atoms with Crippen LogP contribution in [0.15, 0.2) is 35.0 Å². The van der Waals surface area contributed by atoms with Crippen LogP contribution < -0.4 is 5.32 Å². The standard InChI is InChI=1S/C18H21F2N3OS/c1-13(18(24)21-15-2-3-16(19)17(20)10-15)23-7-5-22(6-8-23)11-14-4-9-25-12-14/h2-4,9-10,12-13H,5-8,11H2,1H3,(H,21,24)/t13-/m1/s1. The summed E-state index contributed by atoms with van der Waals surface area (Å²) in [5, 5.41) is 6.89. The van der Waals surface area contributed by atoms with Gasteiger partial charge in [0, 0.05) is 44.5 Å². The molecule has 0 saturated carbocycles. The van der Waals surface area contributed by atoms with Gasteiger partial charge in [-0.15, -0.1) is 0 Å². The largest absolute Gasteiger partial charge is 0.325 e. The number of hydrogen-bond donors (Lipinski definition) is 1. The van der Waals surface area contributed by atoms with Gasteiger partial charge in [0.05, 0.1) is 6.04 Å². The minimum absolute atomic E-state index is 0.211. The van der Waals surface area contributed by atoms with E-state index in [1.165, 1.54) is 11.6 Å². The first kappa shape index (κ1) is 18.0. The molecule has 0 radical (unpaired) electrons. The second kappa shape index (κ2) is 8.03. The molecule has 4 nitrogen and oxygen atoms in total. The highest BCUT2D eigenvalue weighted by molar-refractivity contribution is 7.07. The number of nitrogens with one attached hydrogen (secondary N) is 1. The van der Waals surface area contributed by atoms with E-state index in [4.69, 9.17) is 0 Å². The maximum Gasteiger partial charge on any atom is 0.241 e. The van der Waals surface area contributed by atoms with E-state index in [1.807, 2.05) is 6.92 Å². The van der Waals surface area contributed by atoms with Crippen LogP contribution >= 0.6 is 11.3 Å². The van der Waals surface area contributed by atoms with Crippen LogP contribution in [0, 0.1) is 11.6 Å². The Morgan fingerprint density at radius 2 is 1.96 bits per heavy atom. The van der Waals surface area contributed by atoms with Gasteiger partial charge in [-0.3, -0.25) is 14.6 Å². The fourth-order valence-electron chi connectivity index (χ4n) is 2.94. The van der Waals surface area contributed by atoms with Crippen molar-refractivity contribution >= 4 is 22.9 Å². The first-order chi connectivity index (χ1) is 12.0. The van der Waals surface area contributed by atoms with Gasteiger partial charge in [-0.05, 0) is 41.4 Å². The molecular weight excluding hydrogens is 344 g/mol. The van der Waals surface area contributed by atoms with Gasteiger partial charge in [0.1, 0.15) is 0 Å². The van der Waals surface area contributed by atoms with Crippen molar-refractivity contribution in [2.75, 3.05) is 31.5 Å².